The lowest BCUT2D eigenvalue weighted by atomic mass is 9.92. The van der Waals surface area contributed by atoms with Gasteiger partial charge in [0.25, 0.3) is 0 Å². The number of amides is 1. The van der Waals surface area contributed by atoms with E-state index in [0.29, 0.717) is 0 Å². The maximum absolute atomic E-state index is 12.4. The molecule has 1 unspecified atom stereocenters. The van der Waals surface area contributed by atoms with Crippen LogP contribution in [0.1, 0.15) is 50.4 Å². The molecule has 0 fully saturated rings. The number of hydrogen-bond acceptors (Lipinski definition) is 2. The van der Waals surface area contributed by atoms with E-state index in [1.54, 1.807) is 0 Å². The van der Waals surface area contributed by atoms with E-state index in [1.165, 1.54) is 11.1 Å². The summed E-state index contributed by atoms with van der Waals surface area (Å²) in [7, 11) is 1.99. The Morgan fingerprint density at radius 2 is 1.60 bits per heavy atom. The summed E-state index contributed by atoms with van der Waals surface area (Å²) < 4.78 is 0. The average Bonchev–Trinajstić information content (AvgIpc) is 2.60. The lowest BCUT2D eigenvalue weighted by Crippen LogP contribution is -2.28. The highest BCUT2D eigenvalue weighted by Crippen LogP contribution is 2.27. The second kappa shape index (κ2) is 8.30. The molecule has 2 N–H and O–H groups in total. The molecule has 0 saturated heterocycles. The number of rotatable bonds is 6. The van der Waals surface area contributed by atoms with Crippen LogP contribution in [0.5, 0.6) is 0 Å². The lowest BCUT2D eigenvalue weighted by molar-refractivity contribution is -0.123. The van der Waals surface area contributed by atoms with Gasteiger partial charge in [0.2, 0.25) is 5.91 Å². The first kappa shape index (κ1) is 19.2. The molecular weight excluding hydrogens is 308 g/mol. The smallest absolute Gasteiger partial charge is 0.229 e. The monoisotopic (exact) mass is 338 g/mol. The van der Waals surface area contributed by atoms with Gasteiger partial charge in [-0.05, 0) is 42.6 Å². The van der Waals surface area contributed by atoms with Crippen molar-refractivity contribution in [3.8, 4) is 0 Å². The Labute approximate surface area is 151 Å². The second-order valence-corrected chi connectivity index (χ2v) is 7.46. The molecule has 25 heavy (non-hydrogen) atoms. The van der Waals surface area contributed by atoms with Gasteiger partial charge in [-0.1, -0.05) is 70.2 Å². The summed E-state index contributed by atoms with van der Waals surface area (Å²) in [4.78, 5) is 12.4. The van der Waals surface area contributed by atoms with Crippen molar-refractivity contribution in [1.82, 2.24) is 5.32 Å². The topological polar surface area (TPSA) is 41.1 Å². The number of benzene rings is 2. The molecule has 0 bridgehead atoms. The number of carbonyl (C=O) groups excluding carboxylic acids is 1. The quantitative estimate of drug-likeness (QED) is 0.799. The molecule has 1 atom stereocenters. The zero-order chi connectivity index (χ0) is 18.4. The molecule has 134 valence electrons. The van der Waals surface area contributed by atoms with Crippen molar-refractivity contribution in [3.63, 3.8) is 0 Å². The Kier molecular flexibility index (Phi) is 6.38. The molecule has 0 spiro atoms. The Morgan fingerprint density at radius 3 is 2.20 bits per heavy atom. The zero-order valence-electron chi connectivity index (χ0n) is 16.0. The maximum Gasteiger partial charge on any atom is 0.229 e. The first-order valence-electron chi connectivity index (χ1n) is 9.01. The Hall–Kier alpha value is -2.13. The first-order chi connectivity index (χ1) is 11.9. The summed E-state index contributed by atoms with van der Waals surface area (Å²) in [5.41, 5.74) is 4.31. The van der Waals surface area contributed by atoms with Gasteiger partial charge in [0.1, 0.15) is 0 Å². The predicted octanol–water partition coefficient (Wildman–Crippen LogP) is 4.74. The van der Waals surface area contributed by atoms with E-state index in [2.05, 4.69) is 47.9 Å². The molecule has 2 rings (SSSR count). The van der Waals surface area contributed by atoms with E-state index in [-0.39, 0.29) is 11.9 Å². The normalized spacial score (nSPS) is 12.7. The third-order valence-electron chi connectivity index (χ3n) is 4.53. The van der Waals surface area contributed by atoms with Crippen LogP contribution in [0, 0.1) is 5.41 Å². The van der Waals surface area contributed by atoms with Gasteiger partial charge in [-0.3, -0.25) is 4.79 Å². The molecule has 0 aliphatic rings. The number of likely N-dealkylation sites (N-methyl/N-ethyl adjacent to an activating group) is 1. The highest BCUT2D eigenvalue weighted by atomic mass is 16.2. The molecule has 0 aromatic heterocycles. The van der Waals surface area contributed by atoms with Gasteiger partial charge in [0.15, 0.2) is 0 Å². The molecule has 0 aliphatic heterocycles. The van der Waals surface area contributed by atoms with Crippen molar-refractivity contribution >= 4 is 11.6 Å². The van der Waals surface area contributed by atoms with Gasteiger partial charge in [0.05, 0.1) is 0 Å². The summed E-state index contributed by atoms with van der Waals surface area (Å²) in [5.74, 6) is 0.0370. The van der Waals surface area contributed by atoms with Crippen LogP contribution in [0.15, 0.2) is 48.5 Å². The van der Waals surface area contributed by atoms with Crippen molar-refractivity contribution in [2.45, 2.75) is 46.6 Å². The van der Waals surface area contributed by atoms with Crippen molar-refractivity contribution in [1.29, 1.82) is 0 Å². The van der Waals surface area contributed by atoms with Crippen molar-refractivity contribution < 1.29 is 4.79 Å². The van der Waals surface area contributed by atoms with Gasteiger partial charge in [-0.2, -0.15) is 0 Å². The molecule has 1 amide bonds. The fraction of sp³-hybridized carbons (Fsp3) is 0.409. The summed E-state index contributed by atoms with van der Waals surface area (Å²) in [5, 5.41) is 6.53. The SMILES string of the molecule is CCc1ccccc1C(Cc1ccccc1NC(=O)C(C)(C)C)NC. The van der Waals surface area contributed by atoms with Crippen LogP contribution < -0.4 is 10.6 Å². The number of hydrogen-bond donors (Lipinski definition) is 2. The standard InChI is InChI=1S/C22H30N2O/c1-6-16-11-7-9-13-18(16)20(23-5)15-17-12-8-10-14-19(17)24-21(25)22(2,3)4/h7-14,20,23H,6,15H2,1-5H3,(H,24,25). The number of aryl methyl sites for hydroxylation is 1. The minimum absolute atomic E-state index is 0.0370. The van der Waals surface area contributed by atoms with Crippen LogP contribution in [0.4, 0.5) is 5.69 Å². The summed E-state index contributed by atoms with van der Waals surface area (Å²) in [6, 6.07) is 16.8. The Balaban J connectivity index is 2.28. The summed E-state index contributed by atoms with van der Waals surface area (Å²) in [6.45, 7) is 7.97. The van der Waals surface area contributed by atoms with Crippen LogP contribution in [0.25, 0.3) is 0 Å². The van der Waals surface area contributed by atoms with E-state index >= 15 is 0 Å². The van der Waals surface area contributed by atoms with E-state index in [1.807, 2.05) is 46.0 Å². The van der Waals surface area contributed by atoms with E-state index in [4.69, 9.17) is 0 Å². The van der Waals surface area contributed by atoms with Gasteiger partial charge >= 0.3 is 0 Å². The molecule has 0 saturated carbocycles. The molecular formula is C22H30N2O. The fourth-order valence-electron chi connectivity index (χ4n) is 2.91. The highest BCUT2D eigenvalue weighted by Gasteiger charge is 2.22. The van der Waals surface area contributed by atoms with Crippen molar-refractivity contribution in [3.05, 3.63) is 65.2 Å². The first-order valence-corrected chi connectivity index (χ1v) is 9.01. The molecule has 2 aromatic rings. The summed E-state index contributed by atoms with van der Waals surface area (Å²) in [6.07, 6.45) is 1.84. The number of anilines is 1. The van der Waals surface area contributed by atoms with Crippen LogP contribution in [-0.4, -0.2) is 13.0 Å². The minimum Gasteiger partial charge on any atom is -0.325 e. The number of carbonyl (C=O) groups is 1. The number of para-hydroxylation sites is 1. The summed E-state index contributed by atoms with van der Waals surface area (Å²) >= 11 is 0. The Bertz CT molecular complexity index is 716. The number of nitrogens with one attached hydrogen (secondary N) is 2. The van der Waals surface area contributed by atoms with E-state index in [0.717, 1.165) is 24.1 Å². The fourth-order valence-corrected chi connectivity index (χ4v) is 2.91. The van der Waals surface area contributed by atoms with Crippen LogP contribution in [0.2, 0.25) is 0 Å². The molecule has 3 nitrogen and oxygen atoms in total. The van der Waals surface area contributed by atoms with Gasteiger partial charge in [-0.15, -0.1) is 0 Å². The zero-order valence-corrected chi connectivity index (χ0v) is 16.0. The predicted molar refractivity (Wildman–Crippen MR) is 106 cm³/mol. The Morgan fingerprint density at radius 1 is 1.00 bits per heavy atom. The van der Waals surface area contributed by atoms with Crippen LogP contribution in [-0.2, 0) is 17.6 Å². The average molecular weight is 338 g/mol. The van der Waals surface area contributed by atoms with Crippen LogP contribution >= 0.6 is 0 Å². The van der Waals surface area contributed by atoms with Crippen molar-refractivity contribution in [2.24, 2.45) is 5.41 Å². The molecule has 0 radical (unpaired) electrons. The lowest BCUT2D eigenvalue weighted by Gasteiger charge is -2.23. The third-order valence-corrected chi connectivity index (χ3v) is 4.53. The molecule has 2 aromatic carbocycles. The van der Waals surface area contributed by atoms with E-state index in [9.17, 15) is 4.79 Å². The molecule has 0 aliphatic carbocycles. The second-order valence-electron chi connectivity index (χ2n) is 7.46. The third kappa shape index (κ3) is 4.93. The van der Waals surface area contributed by atoms with E-state index < -0.39 is 5.41 Å². The van der Waals surface area contributed by atoms with Gasteiger partial charge < -0.3 is 10.6 Å². The van der Waals surface area contributed by atoms with Gasteiger partial charge in [-0.25, -0.2) is 0 Å². The van der Waals surface area contributed by atoms with Crippen LogP contribution in [0.3, 0.4) is 0 Å². The molecule has 3 heteroatoms. The molecule has 0 heterocycles. The van der Waals surface area contributed by atoms with Gasteiger partial charge in [0, 0.05) is 17.1 Å². The highest BCUT2D eigenvalue weighted by molar-refractivity contribution is 5.95. The minimum atomic E-state index is -0.412. The van der Waals surface area contributed by atoms with Crippen molar-refractivity contribution in [2.75, 3.05) is 12.4 Å². The largest absolute Gasteiger partial charge is 0.325 e. The maximum atomic E-state index is 12.4.